The number of methoxy groups -OCH3 is 1. The van der Waals surface area contributed by atoms with Gasteiger partial charge < -0.3 is 39.0 Å². The molecule has 3 aromatic heterocycles. The smallest absolute Gasteiger partial charge is 0.324 e. The summed E-state index contributed by atoms with van der Waals surface area (Å²) in [6.07, 6.45) is 4.15. The second-order valence-corrected chi connectivity index (χ2v) is 22.7. The van der Waals surface area contributed by atoms with Crippen molar-refractivity contribution in [1.29, 1.82) is 0 Å². The normalized spacial score (nSPS) is 21.8. The Hall–Kier alpha value is -5.83. The van der Waals surface area contributed by atoms with Crippen LogP contribution in [0.15, 0.2) is 48.5 Å². The summed E-state index contributed by atoms with van der Waals surface area (Å²) < 4.78 is 45.1. The zero-order chi connectivity index (χ0) is 53.4. The number of hydrazine groups is 1. The van der Waals surface area contributed by atoms with Crippen molar-refractivity contribution in [3.63, 3.8) is 0 Å². The molecular weight excluding hydrogens is 971 g/mol. The van der Waals surface area contributed by atoms with Crippen LogP contribution in [0.3, 0.4) is 0 Å². The van der Waals surface area contributed by atoms with E-state index in [-0.39, 0.29) is 43.8 Å². The highest BCUT2D eigenvalue weighted by molar-refractivity contribution is 7.13. The molecule has 5 atom stereocenters. The van der Waals surface area contributed by atoms with Crippen LogP contribution >= 0.6 is 11.3 Å². The Morgan fingerprint density at radius 3 is 2.53 bits per heavy atom. The fourth-order valence-corrected chi connectivity index (χ4v) is 11.7. The SMILES string of the molecule is C=CC(=O)N1CC[C@H](C(=O)N(C)[C@H](C(=O)N[C@H]2Cc3csc(n3)-c3ccc4c(c3)c(c(-c3cc(N5CCN(C)CC5)cnc3[C@H](C)OC)n4CC(C)(F)F)CC(C)(C)COC(=O)[C@@H]3CCCN(N3)C2=O)C(C)C)C1. The summed E-state index contributed by atoms with van der Waals surface area (Å²) >= 11 is 1.36. The third-order valence-corrected chi connectivity index (χ3v) is 15.8. The number of thiazole rings is 1. The van der Waals surface area contributed by atoms with Gasteiger partial charge in [0.25, 0.3) is 11.8 Å². The third kappa shape index (κ3) is 11.8. The number of carbonyl (C=O) groups excluding carboxylic acids is 5. The van der Waals surface area contributed by atoms with Crippen LogP contribution in [0, 0.1) is 17.3 Å². The highest BCUT2D eigenvalue weighted by Crippen LogP contribution is 2.44. The maximum Gasteiger partial charge on any atom is 0.324 e. The van der Waals surface area contributed by atoms with Crippen LogP contribution in [0.5, 0.6) is 0 Å². The second kappa shape index (κ2) is 22.2. The van der Waals surface area contributed by atoms with Crippen molar-refractivity contribution in [1.82, 2.24) is 45.0 Å². The molecule has 0 aliphatic carbocycles. The Labute approximate surface area is 436 Å². The number of esters is 1. The third-order valence-electron chi connectivity index (χ3n) is 14.9. The lowest BCUT2D eigenvalue weighted by atomic mass is 9.84. The van der Waals surface area contributed by atoms with Crippen molar-refractivity contribution in [3.8, 4) is 21.8 Å². The lowest BCUT2D eigenvalue weighted by molar-refractivity contribution is -0.155. The van der Waals surface area contributed by atoms with E-state index >= 15 is 8.78 Å². The monoisotopic (exact) mass is 1040 g/mol. The Morgan fingerprint density at radius 2 is 1.84 bits per heavy atom. The first-order valence-electron chi connectivity index (χ1n) is 25.7. The number of nitrogens with zero attached hydrogens (tertiary/aromatic N) is 8. The van der Waals surface area contributed by atoms with E-state index in [1.807, 2.05) is 64.4 Å². The van der Waals surface area contributed by atoms with Gasteiger partial charge in [-0.1, -0.05) is 34.3 Å². The number of alkyl halides is 2. The number of aromatic nitrogens is 3. The largest absolute Gasteiger partial charge is 0.464 e. The van der Waals surface area contributed by atoms with Crippen molar-refractivity contribution in [2.24, 2.45) is 17.3 Å². The number of anilines is 1. The summed E-state index contributed by atoms with van der Waals surface area (Å²) in [6.45, 7) is 17.4. The van der Waals surface area contributed by atoms with Gasteiger partial charge in [0.05, 0.1) is 54.1 Å². The Balaban J connectivity index is 1.22. The number of nitrogens with one attached hydrogen (secondary N) is 2. The van der Waals surface area contributed by atoms with Crippen molar-refractivity contribution >= 4 is 57.5 Å². The standard InChI is InChI=1S/C54H72F2N10O7S/c1-11-44(67)64-18-16-35(28-64)50(69)62(9)46(32(2)3)48(68)59-42-24-36-29-74-49(58-36)34-14-15-43-38(23-34)40(26-53(5,6)31-73-52(71)41-13-12-17-66(60-41)51(42)70)47(65(43)30-54(7,55)56)39-25-37(27-57-45(39)33(4)72-10)63-21-19-61(8)20-22-63/h11,14-15,23,25,27,29,32-33,35,41-42,46,60H,1,12-13,16-22,24,26,28,30-31H2,2-10H3,(H,59,68)/t33-,35-,41-,42-,46-/m0/s1. The maximum absolute atomic E-state index is 15.7. The number of piperazine rings is 1. The van der Waals surface area contributed by atoms with E-state index in [4.69, 9.17) is 19.4 Å². The molecule has 6 bridgehead atoms. The van der Waals surface area contributed by atoms with Crippen LogP contribution in [0.2, 0.25) is 0 Å². The second-order valence-electron chi connectivity index (χ2n) is 21.8. The van der Waals surface area contributed by atoms with E-state index in [1.54, 1.807) is 23.6 Å². The number of likely N-dealkylation sites (N-methyl/N-ethyl adjacent to an activating group) is 2. The van der Waals surface area contributed by atoms with E-state index in [9.17, 15) is 24.0 Å². The lowest BCUT2D eigenvalue weighted by Gasteiger charge is -2.37. The highest BCUT2D eigenvalue weighted by atomic mass is 32.1. The molecule has 0 radical (unpaired) electrons. The number of amides is 4. The molecule has 3 saturated heterocycles. The Bertz CT molecular complexity index is 2760. The number of fused-ring (bicyclic) bond motifs is 6. The van der Waals surface area contributed by atoms with Gasteiger partial charge in [-0.15, -0.1) is 11.3 Å². The van der Waals surface area contributed by atoms with Crippen LogP contribution in [-0.2, 0) is 52.8 Å². The number of carbonyl (C=O) groups is 5. The average Bonchev–Trinajstić information content (AvgIpc) is 4.12. The van der Waals surface area contributed by atoms with Crippen molar-refractivity contribution in [2.75, 3.05) is 78.5 Å². The maximum atomic E-state index is 15.7. The van der Waals surface area contributed by atoms with Gasteiger partial charge in [0.15, 0.2) is 0 Å². The summed E-state index contributed by atoms with van der Waals surface area (Å²) in [6, 6.07) is 4.72. The van der Waals surface area contributed by atoms with Gasteiger partial charge in [0, 0.05) is 106 Å². The van der Waals surface area contributed by atoms with Gasteiger partial charge in [-0.25, -0.2) is 19.2 Å². The minimum atomic E-state index is -3.12. The molecule has 0 saturated carbocycles. The van der Waals surface area contributed by atoms with Gasteiger partial charge in [0.2, 0.25) is 17.7 Å². The molecule has 400 valence electrons. The molecule has 0 spiro atoms. The molecule has 3 fully saturated rings. The molecular formula is C54H72F2N10O7S. The molecule has 1 aromatic carbocycles. The zero-order valence-electron chi connectivity index (χ0n) is 44.2. The number of pyridine rings is 1. The molecule has 4 aromatic rings. The fourth-order valence-electron chi connectivity index (χ4n) is 10.9. The van der Waals surface area contributed by atoms with Gasteiger partial charge in [-0.2, -0.15) is 0 Å². The first-order chi connectivity index (χ1) is 35.1. The fraction of sp³-hybridized carbons (Fsp3) is 0.574. The molecule has 4 aliphatic heterocycles. The highest BCUT2D eigenvalue weighted by Gasteiger charge is 2.41. The zero-order valence-corrected chi connectivity index (χ0v) is 45.0. The number of rotatable bonds is 12. The van der Waals surface area contributed by atoms with Gasteiger partial charge >= 0.3 is 5.97 Å². The molecule has 8 rings (SSSR count). The Kier molecular flexibility index (Phi) is 16.3. The predicted molar refractivity (Wildman–Crippen MR) is 280 cm³/mol. The van der Waals surface area contributed by atoms with Crippen molar-refractivity contribution in [2.45, 2.75) is 110 Å². The van der Waals surface area contributed by atoms with Crippen LogP contribution < -0.4 is 15.6 Å². The van der Waals surface area contributed by atoms with E-state index in [2.05, 4.69) is 40.2 Å². The minimum absolute atomic E-state index is 0.0248. The number of ether oxygens (including phenoxy) is 2. The quantitative estimate of drug-likeness (QED) is 0.123. The summed E-state index contributed by atoms with van der Waals surface area (Å²) in [5, 5.41) is 7.53. The van der Waals surface area contributed by atoms with E-state index in [0.29, 0.717) is 65.4 Å². The Morgan fingerprint density at radius 1 is 1.09 bits per heavy atom. The van der Waals surface area contributed by atoms with Gasteiger partial charge in [-0.05, 0) is 81.5 Å². The van der Waals surface area contributed by atoms with Crippen molar-refractivity contribution in [3.05, 3.63) is 65.4 Å². The first-order valence-corrected chi connectivity index (χ1v) is 26.6. The average molecular weight is 1040 g/mol. The number of likely N-dealkylation sites (tertiary alicyclic amines) is 1. The number of benzene rings is 1. The molecule has 74 heavy (non-hydrogen) atoms. The molecule has 2 N–H and O–H groups in total. The molecule has 20 heteroatoms. The minimum Gasteiger partial charge on any atom is -0.464 e. The molecule has 7 heterocycles. The molecule has 17 nitrogen and oxygen atoms in total. The van der Waals surface area contributed by atoms with Crippen LogP contribution in [0.1, 0.15) is 83.9 Å². The molecule has 4 amide bonds. The molecule has 0 unspecified atom stereocenters. The first kappa shape index (κ1) is 54.4. The summed E-state index contributed by atoms with van der Waals surface area (Å²) in [5.41, 5.74) is 7.67. The lowest BCUT2D eigenvalue weighted by Crippen LogP contribution is -2.62. The number of halogens is 2. The summed E-state index contributed by atoms with van der Waals surface area (Å²) in [5.74, 6) is -6.13. The number of hydrogen-bond acceptors (Lipinski definition) is 13. The predicted octanol–water partition coefficient (Wildman–Crippen LogP) is 6.11. The van der Waals surface area contributed by atoms with Crippen LogP contribution in [-0.4, -0.2) is 162 Å². The molecule has 4 aliphatic rings. The number of hydrogen-bond donors (Lipinski definition) is 2. The topological polar surface area (TPSA) is 175 Å². The van der Waals surface area contributed by atoms with E-state index in [0.717, 1.165) is 55.3 Å². The number of cyclic esters (lactones) is 1. The van der Waals surface area contributed by atoms with Crippen LogP contribution in [0.25, 0.3) is 32.7 Å². The van der Waals surface area contributed by atoms with Gasteiger partial charge in [-0.3, -0.25) is 34.0 Å². The van der Waals surface area contributed by atoms with Crippen LogP contribution in [0.4, 0.5) is 14.5 Å². The van der Waals surface area contributed by atoms with Gasteiger partial charge in [0.1, 0.15) is 23.1 Å². The summed E-state index contributed by atoms with van der Waals surface area (Å²) in [7, 11) is 5.26. The van der Waals surface area contributed by atoms with E-state index < -0.39 is 65.8 Å². The summed E-state index contributed by atoms with van der Waals surface area (Å²) in [4.78, 5) is 87.2. The van der Waals surface area contributed by atoms with E-state index in [1.165, 1.54) is 27.3 Å². The van der Waals surface area contributed by atoms with Crippen molar-refractivity contribution < 1.29 is 42.2 Å².